The van der Waals surface area contributed by atoms with E-state index in [0.717, 1.165) is 32.4 Å². The molecule has 28 heavy (non-hydrogen) atoms. The molecule has 0 spiro atoms. The van der Waals surface area contributed by atoms with E-state index < -0.39 is 10.0 Å². The molecule has 0 aromatic heterocycles. The number of sulfonamides is 1. The Hall–Kier alpha value is -1.14. The van der Waals surface area contributed by atoms with E-state index in [-0.39, 0.29) is 12.4 Å². The zero-order valence-electron chi connectivity index (χ0n) is 17.2. The van der Waals surface area contributed by atoms with Crippen LogP contribution in [0.15, 0.2) is 42.5 Å². The van der Waals surface area contributed by atoms with E-state index in [1.165, 1.54) is 22.6 Å². The van der Waals surface area contributed by atoms with Crippen molar-refractivity contribution in [3.05, 3.63) is 48.0 Å². The van der Waals surface area contributed by atoms with Gasteiger partial charge in [0.1, 0.15) is 0 Å². The Kier molecular flexibility index (Phi) is 8.31. The normalized spacial score (nSPS) is 17.6. The van der Waals surface area contributed by atoms with E-state index in [4.69, 9.17) is 0 Å². The van der Waals surface area contributed by atoms with Gasteiger partial charge in [-0.25, -0.2) is 12.7 Å². The summed E-state index contributed by atoms with van der Waals surface area (Å²) in [5.74, 6) is 0.585. The first kappa shape index (κ1) is 23.1. The largest absolute Gasteiger partial charge is 0.300 e. The molecule has 2 aromatic carbocycles. The number of fused-ring (bicyclic) bond motifs is 1. The number of benzene rings is 2. The monoisotopic (exact) mass is 424 g/mol. The smallest absolute Gasteiger partial charge is 0.211 e. The first-order valence-electron chi connectivity index (χ1n) is 10.0. The molecule has 1 heterocycles. The van der Waals surface area contributed by atoms with Gasteiger partial charge in [-0.05, 0) is 55.0 Å². The van der Waals surface area contributed by atoms with Crippen LogP contribution in [-0.4, -0.2) is 56.1 Å². The Balaban J connectivity index is 0.00000280. The molecule has 1 atom stereocenters. The van der Waals surface area contributed by atoms with Crippen molar-refractivity contribution in [2.45, 2.75) is 39.2 Å². The summed E-state index contributed by atoms with van der Waals surface area (Å²) in [5, 5.41) is 2.59. The molecule has 6 heteroatoms. The fourth-order valence-corrected chi connectivity index (χ4v) is 5.09. The molecule has 156 valence electrons. The minimum absolute atomic E-state index is 0. The summed E-state index contributed by atoms with van der Waals surface area (Å²) in [4.78, 5) is 2.55. The number of halogens is 1. The number of hydrogen-bond donors (Lipinski definition) is 0. The minimum atomic E-state index is -3.04. The van der Waals surface area contributed by atoms with Gasteiger partial charge in [0.15, 0.2) is 0 Å². The van der Waals surface area contributed by atoms with Crippen molar-refractivity contribution in [1.29, 1.82) is 0 Å². The number of piperidine rings is 1. The van der Waals surface area contributed by atoms with E-state index in [2.05, 4.69) is 61.2 Å². The molecule has 0 bridgehead atoms. The number of rotatable bonds is 7. The van der Waals surface area contributed by atoms with Gasteiger partial charge in [0.05, 0.1) is 6.26 Å². The van der Waals surface area contributed by atoms with Gasteiger partial charge in [0.2, 0.25) is 10.0 Å². The Labute approximate surface area is 176 Å². The van der Waals surface area contributed by atoms with Crippen molar-refractivity contribution in [3.8, 4) is 0 Å². The zero-order valence-corrected chi connectivity index (χ0v) is 18.8. The van der Waals surface area contributed by atoms with E-state index >= 15 is 0 Å². The van der Waals surface area contributed by atoms with E-state index in [1.54, 1.807) is 4.31 Å². The second kappa shape index (κ2) is 10.1. The highest BCUT2D eigenvalue weighted by molar-refractivity contribution is 7.88. The summed E-state index contributed by atoms with van der Waals surface area (Å²) < 4.78 is 25.0. The predicted octanol–water partition coefficient (Wildman–Crippen LogP) is 4.19. The van der Waals surface area contributed by atoms with Gasteiger partial charge in [-0.2, -0.15) is 0 Å². The lowest BCUT2D eigenvalue weighted by Crippen LogP contribution is -2.43. The highest BCUT2D eigenvalue weighted by Crippen LogP contribution is 2.22. The van der Waals surface area contributed by atoms with Crippen LogP contribution in [0, 0.1) is 5.92 Å². The van der Waals surface area contributed by atoms with Gasteiger partial charge in [0, 0.05) is 25.7 Å². The van der Waals surface area contributed by atoms with Crippen LogP contribution in [0.5, 0.6) is 0 Å². The lowest BCUT2D eigenvalue weighted by atomic mass is 9.95. The number of nitrogens with zero attached hydrogens (tertiary/aromatic N) is 2. The maximum atomic E-state index is 11.7. The lowest BCUT2D eigenvalue weighted by Gasteiger charge is -2.36. The third kappa shape index (κ3) is 5.93. The Morgan fingerprint density at radius 2 is 1.75 bits per heavy atom. The average molecular weight is 425 g/mol. The van der Waals surface area contributed by atoms with E-state index in [1.807, 2.05) is 0 Å². The molecule has 0 N–H and O–H groups in total. The van der Waals surface area contributed by atoms with E-state index in [9.17, 15) is 8.42 Å². The second-order valence-corrected chi connectivity index (χ2v) is 9.91. The van der Waals surface area contributed by atoms with Crippen molar-refractivity contribution in [3.63, 3.8) is 0 Å². The maximum Gasteiger partial charge on any atom is 0.211 e. The number of likely N-dealkylation sites (N-methyl/N-ethyl adjacent to an activating group) is 1. The van der Waals surface area contributed by atoms with Gasteiger partial charge in [0.25, 0.3) is 0 Å². The second-order valence-electron chi connectivity index (χ2n) is 7.93. The predicted molar refractivity (Wildman–Crippen MR) is 121 cm³/mol. The molecule has 1 aliphatic heterocycles. The number of hydrogen-bond acceptors (Lipinski definition) is 3. The lowest BCUT2D eigenvalue weighted by molar-refractivity contribution is 0.152. The van der Waals surface area contributed by atoms with Crippen molar-refractivity contribution in [2.24, 2.45) is 5.92 Å². The standard InChI is InChI=1S/C22H32N2O2S.ClH/c1-4-23(17-19-11-13-24(14-12-19)27(3,25)26)18(2)15-20-9-10-21-7-5-6-8-22(21)16-20;/h5-10,16,18-19H,4,11-15,17H2,1-3H3;1H. The van der Waals surface area contributed by atoms with Gasteiger partial charge in [-0.3, -0.25) is 0 Å². The van der Waals surface area contributed by atoms with Gasteiger partial charge in [-0.15, -0.1) is 12.4 Å². The van der Waals surface area contributed by atoms with E-state index in [0.29, 0.717) is 25.0 Å². The Morgan fingerprint density at radius 3 is 2.36 bits per heavy atom. The molecular weight excluding hydrogens is 392 g/mol. The molecule has 0 amide bonds. The Morgan fingerprint density at radius 1 is 1.11 bits per heavy atom. The summed E-state index contributed by atoms with van der Waals surface area (Å²) in [6.45, 7) is 7.96. The van der Waals surface area contributed by atoms with Crippen molar-refractivity contribution in [1.82, 2.24) is 9.21 Å². The minimum Gasteiger partial charge on any atom is -0.300 e. The first-order chi connectivity index (χ1) is 12.9. The van der Waals surface area contributed by atoms with Crippen LogP contribution in [0.25, 0.3) is 10.8 Å². The van der Waals surface area contributed by atoms with Gasteiger partial charge in [-0.1, -0.05) is 49.4 Å². The van der Waals surface area contributed by atoms with Crippen molar-refractivity contribution < 1.29 is 8.42 Å². The molecule has 1 fully saturated rings. The summed E-state index contributed by atoms with van der Waals surface area (Å²) in [6.07, 6.45) is 4.29. The third-order valence-electron chi connectivity index (χ3n) is 5.91. The molecule has 3 rings (SSSR count). The third-order valence-corrected chi connectivity index (χ3v) is 7.21. The first-order valence-corrected chi connectivity index (χ1v) is 11.9. The van der Waals surface area contributed by atoms with Crippen molar-refractivity contribution in [2.75, 3.05) is 32.4 Å². The molecule has 1 unspecified atom stereocenters. The highest BCUT2D eigenvalue weighted by Gasteiger charge is 2.26. The van der Waals surface area contributed by atoms with Crippen LogP contribution in [-0.2, 0) is 16.4 Å². The molecule has 0 radical (unpaired) electrons. The fraction of sp³-hybridized carbons (Fsp3) is 0.545. The highest BCUT2D eigenvalue weighted by atomic mass is 35.5. The SMILES string of the molecule is CCN(CC1CCN(S(C)(=O)=O)CC1)C(C)Cc1ccc2ccccc2c1.Cl. The summed E-state index contributed by atoms with van der Waals surface area (Å²) in [7, 11) is -3.04. The van der Waals surface area contributed by atoms with Crippen LogP contribution >= 0.6 is 12.4 Å². The summed E-state index contributed by atoms with van der Waals surface area (Å²) >= 11 is 0. The molecule has 1 aliphatic rings. The fourth-order valence-electron chi connectivity index (χ4n) is 4.21. The molecular formula is C22H33ClN2O2S. The Bertz CT molecular complexity index is 864. The van der Waals surface area contributed by atoms with Crippen molar-refractivity contribution >= 4 is 33.2 Å². The quantitative estimate of drug-likeness (QED) is 0.669. The zero-order chi connectivity index (χ0) is 19.4. The summed E-state index contributed by atoms with van der Waals surface area (Å²) in [6, 6.07) is 15.8. The molecule has 0 aliphatic carbocycles. The van der Waals surface area contributed by atoms with Crippen LogP contribution < -0.4 is 0 Å². The molecule has 2 aromatic rings. The van der Waals surface area contributed by atoms with Crippen LogP contribution in [0.2, 0.25) is 0 Å². The maximum absolute atomic E-state index is 11.7. The molecule has 1 saturated heterocycles. The molecule has 4 nitrogen and oxygen atoms in total. The van der Waals surface area contributed by atoms with Gasteiger partial charge < -0.3 is 4.90 Å². The van der Waals surface area contributed by atoms with Crippen LogP contribution in [0.3, 0.4) is 0 Å². The topological polar surface area (TPSA) is 40.6 Å². The van der Waals surface area contributed by atoms with Gasteiger partial charge >= 0.3 is 0 Å². The van der Waals surface area contributed by atoms with Crippen LogP contribution in [0.4, 0.5) is 0 Å². The molecule has 0 saturated carbocycles. The summed E-state index contributed by atoms with van der Waals surface area (Å²) in [5.41, 5.74) is 1.38. The average Bonchev–Trinajstić information content (AvgIpc) is 2.65. The van der Waals surface area contributed by atoms with Crippen LogP contribution in [0.1, 0.15) is 32.3 Å².